The minimum atomic E-state index is 0.530. The molecule has 25 heavy (non-hydrogen) atoms. The molecule has 3 aliphatic rings. The van der Waals surface area contributed by atoms with E-state index in [0.717, 1.165) is 24.8 Å². The predicted molar refractivity (Wildman–Crippen MR) is 104 cm³/mol. The zero-order chi connectivity index (χ0) is 17.1. The van der Waals surface area contributed by atoms with Crippen LogP contribution in [0.25, 0.3) is 0 Å². The smallest absolute Gasteiger partial charge is 0.119 e. The lowest BCUT2D eigenvalue weighted by Crippen LogP contribution is -2.29. The molecule has 4 heteroatoms. The van der Waals surface area contributed by atoms with Crippen molar-refractivity contribution in [1.29, 1.82) is 0 Å². The molecule has 0 amide bonds. The van der Waals surface area contributed by atoms with E-state index in [1.165, 1.54) is 70.6 Å². The lowest BCUT2D eigenvalue weighted by atomic mass is 9.86. The van der Waals surface area contributed by atoms with Gasteiger partial charge in [0, 0.05) is 43.3 Å². The lowest BCUT2D eigenvalue weighted by molar-refractivity contribution is 0.230. The fraction of sp³-hybridized carbons (Fsp3) is 0.714. The summed E-state index contributed by atoms with van der Waals surface area (Å²) in [7, 11) is 0. The molecular weight excluding hydrogens is 310 g/mol. The molecule has 3 aliphatic heterocycles. The van der Waals surface area contributed by atoms with Gasteiger partial charge in [0.05, 0.1) is 6.61 Å². The number of benzene rings is 1. The summed E-state index contributed by atoms with van der Waals surface area (Å²) in [6.45, 7) is 10.4. The summed E-state index contributed by atoms with van der Waals surface area (Å²) in [5, 5.41) is 3.54. The Morgan fingerprint density at radius 3 is 2.80 bits per heavy atom. The van der Waals surface area contributed by atoms with Gasteiger partial charge in [-0.2, -0.15) is 0 Å². The Labute approximate surface area is 152 Å². The molecule has 4 nitrogen and oxygen atoms in total. The number of likely N-dealkylation sites (tertiary alicyclic amines) is 1. The fourth-order valence-corrected chi connectivity index (χ4v) is 4.84. The molecule has 1 aromatic rings. The Balaban J connectivity index is 1.22. The van der Waals surface area contributed by atoms with Gasteiger partial charge in [0.1, 0.15) is 5.75 Å². The number of nitrogens with one attached hydrogen (secondary N) is 1. The first-order valence-electron chi connectivity index (χ1n) is 10.2. The largest absolute Gasteiger partial charge is 0.494 e. The fourth-order valence-electron chi connectivity index (χ4n) is 4.84. The van der Waals surface area contributed by atoms with Gasteiger partial charge in [-0.25, -0.2) is 0 Å². The van der Waals surface area contributed by atoms with Crippen molar-refractivity contribution in [2.75, 3.05) is 50.8 Å². The third-order valence-corrected chi connectivity index (χ3v) is 6.52. The van der Waals surface area contributed by atoms with Crippen LogP contribution in [-0.2, 0) is 0 Å². The first-order chi connectivity index (χ1) is 12.2. The van der Waals surface area contributed by atoms with Crippen LogP contribution >= 0.6 is 0 Å². The van der Waals surface area contributed by atoms with Crippen LogP contribution < -0.4 is 15.0 Å². The standard InChI is InChI=1S/C21H33N3O/c1-18-4-2-12-23(18)13-3-15-25-20-7-5-19(6-8-20)24-14-10-21(17-24)9-11-22-16-21/h5-8,18,22H,2-4,9-17H2,1H3. The average molecular weight is 344 g/mol. The quantitative estimate of drug-likeness (QED) is 0.803. The molecule has 1 N–H and O–H groups in total. The summed E-state index contributed by atoms with van der Waals surface area (Å²) in [6.07, 6.45) is 6.49. The van der Waals surface area contributed by atoms with E-state index in [-0.39, 0.29) is 0 Å². The van der Waals surface area contributed by atoms with Gasteiger partial charge in [0.2, 0.25) is 0 Å². The topological polar surface area (TPSA) is 27.7 Å². The number of ether oxygens (including phenoxy) is 1. The van der Waals surface area contributed by atoms with Gasteiger partial charge in [0.25, 0.3) is 0 Å². The molecule has 0 saturated carbocycles. The van der Waals surface area contributed by atoms with Gasteiger partial charge in [-0.15, -0.1) is 0 Å². The van der Waals surface area contributed by atoms with E-state index in [4.69, 9.17) is 4.74 Å². The molecule has 2 unspecified atom stereocenters. The van der Waals surface area contributed by atoms with Gasteiger partial charge in [-0.3, -0.25) is 0 Å². The number of hydrogen-bond donors (Lipinski definition) is 1. The molecule has 0 aliphatic carbocycles. The molecule has 3 heterocycles. The van der Waals surface area contributed by atoms with Crippen LogP contribution in [0.4, 0.5) is 5.69 Å². The highest BCUT2D eigenvalue weighted by atomic mass is 16.5. The van der Waals surface area contributed by atoms with E-state index in [1.54, 1.807) is 0 Å². The van der Waals surface area contributed by atoms with E-state index in [1.807, 2.05) is 0 Å². The summed E-state index contributed by atoms with van der Waals surface area (Å²) in [5.41, 5.74) is 1.88. The number of rotatable bonds is 6. The van der Waals surface area contributed by atoms with Crippen LogP contribution in [0.1, 0.15) is 39.0 Å². The molecule has 0 aromatic heterocycles. The maximum atomic E-state index is 5.96. The van der Waals surface area contributed by atoms with Crippen molar-refractivity contribution in [1.82, 2.24) is 10.2 Å². The first-order valence-corrected chi connectivity index (χ1v) is 10.2. The molecule has 0 bridgehead atoms. The molecule has 3 fully saturated rings. The first kappa shape index (κ1) is 17.2. The second-order valence-corrected chi connectivity index (χ2v) is 8.32. The molecule has 138 valence electrons. The van der Waals surface area contributed by atoms with Crippen LogP contribution in [0.5, 0.6) is 5.75 Å². The Morgan fingerprint density at radius 1 is 1.20 bits per heavy atom. The maximum absolute atomic E-state index is 5.96. The van der Waals surface area contributed by atoms with E-state index in [0.29, 0.717) is 5.41 Å². The second kappa shape index (κ2) is 7.55. The Bertz CT molecular complexity index is 553. The molecule has 0 radical (unpaired) electrons. The normalized spacial score (nSPS) is 29.8. The zero-order valence-corrected chi connectivity index (χ0v) is 15.7. The van der Waals surface area contributed by atoms with Crippen LogP contribution in [0.2, 0.25) is 0 Å². The maximum Gasteiger partial charge on any atom is 0.119 e. The summed E-state index contributed by atoms with van der Waals surface area (Å²) in [6, 6.07) is 9.52. The van der Waals surface area contributed by atoms with E-state index >= 15 is 0 Å². The summed E-state index contributed by atoms with van der Waals surface area (Å²) < 4.78 is 5.96. The highest BCUT2D eigenvalue weighted by Gasteiger charge is 2.40. The van der Waals surface area contributed by atoms with Gasteiger partial charge in [0.15, 0.2) is 0 Å². The third kappa shape index (κ3) is 3.95. The minimum Gasteiger partial charge on any atom is -0.494 e. The zero-order valence-electron chi connectivity index (χ0n) is 15.7. The molecule has 4 rings (SSSR count). The summed E-state index contributed by atoms with van der Waals surface area (Å²) >= 11 is 0. The van der Waals surface area contributed by atoms with E-state index in [2.05, 4.69) is 46.3 Å². The van der Waals surface area contributed by atoms with Gasteiger partial charge < -0.3 is 19.9 Å². The summed E-state index contributed by atoms with van der Waals surface area (Å²) in [5.74, 6) is 1.01. The van der Waals surface area contributed by atoms with Gasteiger partial charge in [-0.1, -0.05) is 0 Å². The number of nitrogens with zero attached hydrogens (tertiary/aromatic N) is 2. The highest BCUT2D eigenvalue weighted by molar-refractivity contribution is 5.50. The minimum absolute atomic E-state index is 0.530. The van der Waals surface area contributed by atoms with Crippen molar-refractivity contribution >= 4 is 5.69 Å². The summed E-state index contributed by atoms with van der Waals surface area (Å²) in [4.78, 5) is 5.14. The molecule has 3 saturated heterocycles. The van der Waals surface area contributed by atoms with Crippen molar-refractivity contribution in [3.8, 4) is 5.75 Å². The third-order valence-electron chi connectivity index (χ3n) is 6.52. The highest BCUT2D eigenvalue weighted by Crippen LogP contribution is 2.38. The van der Waals surface area contributed by atoms with Crippen LogP contribution in [0.15, 0.2) is 24.3 Å². The molecule has 1 aromatic carbocycles. The van der Waals surface area contributed by atoms with E-state index < -0.39 is 0 Å². The van der Waals surface area contributed by atoms with Crippen LogP contribution in [0, 0.1) is 5.41 Å². The molecule has 1 spiro atoms. The van der Waals surface area contributed by atoms with Gasteiger partial charge in [-0.05, 0) is 76.4 Å². The van der Waals surface area contributed by atoms with Crippen molar-refractivity contribution in [2.45, 2.75) is 45.1 Å². The van der Waals surface area contributed by atoms with Crippen molar-refractivity contribution < 1.29 is 4.74 Å². The van der Waals surface area contributed by atoms with Crippen molar-refractivity contribution in [2.24, 2.45) is 5.41 Å². The van der Waals surface area contributed by atoms with Crippen molar-refractivity contribution in [3.05, 3.63) is 24.3 Å². The Morgan fingerprint density at radius 2 is 2.08 bits per heavy atom. The Kier molecular flexibility index (Phi) is 5.18. The number of hydrogen-bond acceptors (Lipinski definition) is 4. The molecule has 2 atom stereocenters. The number of anilines is 1. The van der Waals surface area contributed by atoms with E-state index in [9.17, 15) is 0 Å². The Hall–Kier alpha value is -1.26. The average Bonchev–Trinajstić information content (AvgIpc) is 3.36. The van der Waals surface area contributed by atoms with Gasteiger partial charge >= 0.3 is 0 Å². The van der Waals surface area contributed by atoms with Crippen LogP contribution in [-0.4, -0.2) is 56.8 Å². The molecular formula is C21H33N3O. The lowest BCUT2D eigenvalue weighted by Gasteiger charge is -2.24. The predicted octanol–water partition coefficient (Wildman–Crippen LogP) is 3.13. The second-order valence-electron chi connectivity index (χ2n) is 8.32. The monoisotopic (exact) mass is 343 g/mol. The van der Waals surface area contributed by atoms with Crippen LogP contribution in [0.3, 0.4) is 0 Å². The van der Waals surface area contributed by atoms with Crippen molar-refractivity contribution in [3.63, 3.8) is 0 Å². The SMILES string of the molecule is CC1CCCN1CCCOc1ccc(N2CCC3(CCNC3)C2)cc1.